The summed E-state index contributed by atoms with van der Waals surface area (Å²) in [6, 6.07) is 6.83. The van der Waals surface area contributed by atoms with E-state index in [9.17, 15) is 4.79 Å². The Bertz CT molecular complexity index is 442. The highest BCUT2D eigenvalue weighted by molar-refractivity contribution is 5.92. The number of nitrogens with two attached hydrogens (primary N) is 1. The molecule has 0 saturated heterocycles. The number of amides is 1. The van der Waals surface area contributed by atoms with Crippen molar-refractivity contribution in [1.29, 1.82) is 0 Å². The van der Waals surface area contributed by atoms with Crippen LogP contribution < -0.4 is 10.5 Å². The highest BCUT2D eigenvalue weighted by atomic mass is 16.5. The highest BCUT2D eigenvalue weighted by Gasteiger charge is 2.10. The molecular formula is C18H27NO3. The van der Waals surface area contributed by atoms with Gasteiger partial charge in [0, 0.05) is 5.56 Å². The van der Waals surface area contributed by atoms with Crippen molar-refractivity contribution in [2.75, 3.05) is 13.2 Å². The lowest BCUT2D eigenvalue weighted by Gasteiger charge is -2.18. The second-order valence-electron chi connectivity index (χ2n) is 5.29. The number of hydrogen-bond donors (Lipinski definition) is 1. The van der Waals surface area contributed by atoms with E-state index in [1.165, 1.54) is 19.3 Å². The van der Waals surface area contributed by atoms with Gasteiger partial charge in [-0.05, 0) is 30.7 Å². The molecule has 1 aromatic carbocycles. The van der Waals surface area contributed by atoms with Gasteiger partial charge in [-0.3, -0.25) is 4.79 Å². The van der Waals surface area contributed by atoms with Crippen molar-refractivity contribution in [2.45, 2.75) is 45.1 Å². The fraction of sp³-hybridized carbons (Fsp3) is 0.500. The van der Waals surface area contributed by atoms with E-state index < -0.39 is 5.91 Å². The molecule has 1 amide bonds. The first-order chi connectivity index (χ1) is 10.7. The molecule has 0 aliphatic heterocycles. The molecule has 1 aromatic rings. The SMILES string of the molecule is C=CCOC(CCCCCC)COc1ccc(C(N)=O)cc1. The van der Waals surface area contributed by atoms with E-state index in [1.54, 1.807) is 30.3 Å². The van der Waals surface area contributed by atoms with E-state index in [-0.39, 0.29) is 6.10 Å². The predicted octanol–water partition coefficient (Wildman–Crippen LogP) is 3.71. The fourth-order valence-corrected chi connectivity index (χ4v) is 2.12. The molecule has 22 heavy (non-hydrogen) atoms. The Labute approximate surface area is 133 Å². The molecule has 0 radical (unpaired) electrons. The fourth-order valence-electron chi connectivity index (χ4n) is 2.12. The summed E-state index contributed by atoms with van der Waals surface area (Å²) < 4.78 is 11.5. The minimum atomic E-state index is -0.435. The van der Waals surface area contributed by atoms with Crippen LogP contribution in [0.1, 0.15) is 49.4 Å². The zero-order chi connectivity index (χ0) is 16.2. The first-order valence-electron chi connectivity index (χ1n) is 7.92. The number of hydrogen-bond acceptors (Lipinski definition) is 3. The summed E-state index contributed by atoms with van der Waals surface area (Å²) in [4.78, 5) is 11.0. The van der Waals surface area contributed by atoms with Crippen LogP contribution in [0.5, 0.6) is 5.75 Å². The van der Waals surface area contributed by atoms with Gasteiger partial charge in [0.2, 0.25) is 5.91 Å². The number of benzene rings is 1. The van der Waals surface area contributed by atoms with Crippen molar-refractivity contribution in [1.82, 2.24) is 0 Å². The van der Waals surface area contributed by atoms with Gasteiger partial charge < -0.3 is 15.2 Å². The first-order valence-corrected chi connectivity index (χ1v) is 7.92. The monoisotopic (exact) mass is 305 g/mol. The van der Waals surface area contributed by atoms with Crippen LogP contribution in [0.3, 0.4) is 0 Å². The molecule has 4 nitrogen and oxygen atoms in total. The molecule has 0 aliphatic carbocycles. The Kier molecular flexibility index (Phi) is 9.00. The second kappa shape index (κ2) is 10.9. The predicted molar refractivity (Wildman–Crippen MR) is 89.2 cm³/mol. The maximum Gasteiger partial charge on any atom is 0.248 e. The number of carbonyl (C=O) groups excluding carboxylic acids is 1. The van der Waals surface area contributed by atoms with E-state index >= 15 is 0 Å². The molecule has 1 unspecified atom stereocenters. The van der Waals surface area contributed by atoms with Gasteiger partial charge in [-0.2, -0.15) is 0 Å². The third-order valence-corrected chi connectivity index (χ3v) is 3.40. The van der Waals surface area contributed by atoms with Crippen LogP contribution in [-0.2, 0) is 4.74 Å². The average molecular weight is 305 g/mol. The maximum atomic E-state index is 11.0. The summed E-state index contributed by atoms with van der Waals surface area (Å²) in [7, 11) is 0. The zero-order valence-electron chi connectivity index (χ0n) is 13.4. The molecule has 0 spiro atoms. The molecule has 0 bridgehead atoms. The van der Waals surface area contributed by atoms with Crippen molar-refractivity contribution >= 4 is 5.91 Å². The van der Waals surface area contributed by atoms with Crippen LogP contribution in [0, 0.1) is 0 Å². The Morgan fingerprint density at radius 2 is 2.00 bits per heavy atom. The lowest BCUT2D eigenvalue weighted by atomic mass is 10.1. The molecule has 1 atom stereocenters. The van der Waals surface area contributed by atoms with Crippen molar-refractivity contribution in [3.8, 4) is 5.75 Å². The Balaban J connectivity index is 2.43. The Morgan fingerprint density at radius 3 is 2.59 bits per heavy atom. The van der Waals surface area contributed by atoms with Gasteiger partial charge in [0.05, 0.1) is 12.7 Å². The molecule has 0 saturated carbocycles. The van der Waals surface area contributed by atoms with Gasteiger partial charge in [-0.1, -0.05) is 38.7 Å². The maximum absolute atomic E-state index is 11.0. The van der Waals surface area contributed by atoms with Crippen LogP contribution in [0.25, 0.3) is 0 Å². The summed E-state index contributed by atoms with van der Waals surface area (Å²) in [5.74, 6) is 0.278. The number of unbranched alkanes of at least 4 members (excludes halogenated alkanes) is 3. The molecular weight excluding hydrogens is 278 g/mol. The van der Waals surface area contributed by atoms with Crippen LogP contribution in [0.4, 0.5) is 0 Å². The van der Waals surface area contributed by atoms with Crippen molar-refractivity contribution < 1.29 is 14.3 Å². The number of carbonyl (C=O) groups is 1. The van der Waals surface area contributed by atoms with E-state index in [2.05, 4.69) is 13.5 Å². The Hall–Kier alpha value is -1.81. The minimum absolute atomic E-state index is 0.0608. The van der Waals surface area contributed by atoms with Crippen LogP contribution in [-0.4, -0.2) is 25.2 Å². The van der Waals surface area contributed by atoms with E-state index in [0.717, 1.165) is 12.8 Å². The van der Waals surface area contributed by atoms with Crippen LogP contribution in [0.15, 0.2) is 36.9 Å². The lowest BCUT2D eigenvalue weighted by Crippen LogP contribution is -2.22. The summed E-state index contributed by atoms with van der Waals surface area (Å²) in [6.45, 7) is 6.90. The van der Waals surface area contributed by atoms with Crippen molar-refractivity contribution in [3.05, 3.63) is 42.5 Å². The minimum Gasteiger partial charge on any atom is -0.491 e. The zero-order valence-corrected chi connectivity index (χ0v) is 13.4. The molecule has 4 heteroatoms. The molecule has 122 valence electrons. The standard InChI is InChI=1S/C18H27NO3/c1-3-5-6-7-8-17(21-13-4-2)14-22-16-11-9-15(10-12-16)18(19)20/h4,9-12,17H,2-3,5-8,13-14H2,1H3,(H2,19,20). The average Bonchev–Trinajstić information content (AvgIpc) is 2.53. The topological polar surface area (TPSA) is 61.6 Å². The summed E-state index contributed by atoms with van der Waals surface area (Å²) in [5.41, 5.74) is 5.69. The smallest absolute Gasteiger partial charge is 0.248 e. The summed E-state index contributed by atoms with van der Waals surface area (Å²) >= 11 is 0. The van der Waals surface area contributed by atoms with Crippen molar-refractivity contribution in [3.63, 3.8) is 0 Å². The van der Waals surface area contributed by atoms with Gasteiger partial charge in [-0.15, -0.1) is 6.58 Å². The third-order valence-electron chi connectivity index (χ3n) is 3.40. The molecule has 1 rings (SSSR count). The van der Waals surface area contributed by atoms with Gasteiger partial charge in [0.1, 0.15) is 12.4 Å². The van der Waals surface area contributed by atoms with E-state index in [0.29, 0.717) is 24.5 Å². The third kappa shape index (κ3) is 7.27. The van der Waals surface area contributed by atoms with Gasteiger partial charge in [-0.25, -0.2) is 0 Å². The quantitative estimate of drug-likeness (QED) is 0.473. The van der Waals surface area contributed by atoms with E-state index in [4.69, 9.17) is 15.2 Å². The van der Waals surface area contributed by atoms with Gasteiger partial charge in [0.15, 0.2) is 0 Å². The van der Waals surface area contributed by atoms with Crippen LogP contribution >= 0.6 is 0 Å². The molecule has 0 aromatic heterocycles. The number of rotatable bonds is 12. The number of ether oxygens (including phenoxy) is 2. The van der Waals surface area contributed by atoms with Crippen molar-refractivity contribution in [2.24, 2.45) is 5.73 Å². The van der Waals surface area contributed by atoms with E-state index in [1.807, 2.05) is 0 Å². The number of primary amides is 1. The Morgan fingerprint density at radius 1 is 1.27 bits per heavy atom. The first kappa shape index (κ1) is 18.2. The molecule has 0 heterocycles. The molecule has 0 aliphatic rings. The summed E-state index contributed by atoms with van der Waals surface area (Å²) in [5, 5.41) is 0. The normalized spacial score (nSPS) is 11.9. The van der Waals surface area contributed by atoms with Crippen LogP contribution in [0.2, 0.25) is 0 Å². The lowest BCUT2D eigenvalue weighted by molar-refractivity contribution is 0.0294. The molecule has 2 N–H and O–H groups in total. The molecule has 0 fully saturated rings. The van der Waals surface area contributed by atoms with Gasteiger partial charge >= 0.3 is 0 Å². The van der Waals surface area contributed by atoms with Gasteiger partial charge in [0.25, 0.3) is 0 Å². The summed E-state index contributed by atoms with van der Waals surface area (Å²) in [6.07, 6.45) is 7.63. The highest BCUT2D eigenvalue weighted by Crippen LogP contribution is 2.15. The largest absolute Gasteiger partial charge is 0.491 e. The second-order valence-corrected chi connectivity index (χ2v) is 5.29.